The minimum atomic E-state index is 0. The summed E-state index contributed by atoms with van der Waals surface area (Å²) in [6.45, 7) is 8.13. The van der Waals surface area contributed by atoms with E-state index < -0.39 is 0 Å². The van der Waals surface area contributed by atoms with Crippen LogP contribution in [0.25, 0.3) is 33.6 Å². The molecular formula is C32H28IrN2-2. The molecule has 35 heavy (non-hydrogen) atoms. The number of rotatable bonds is 3. The van der Waals surface area contributed by atoms with Gasteiger partial charge in [0.25, 0.3) is 0 Å². The molecule has 0 atom stereocenters. The molecule has 0 aliphatic heterocycles. The Labute approximate surface area is 222 Å². The van der Waals surface area contributed by atoms with Crippen LogP contribution in [0.2, 0.25) is 0 Å². The molecule has 3 heteroatoms. The van der Waals surface area contributed by atoms with E-state index in [2.05, 4.69) is 82.5 Å². The summed E-state index contributed by atoms with van der Waals surface area (Å²) in [6.07, 6.45) is 3.88. The van der Waals surface area contributed by atoms with Crippen molar-refractivity contribution in [1.29, 1.82) is 0 Å². The van der Waals surface area contributed by atoms with Crippen LogP contribution < -0.4 is 9.13 Å². The number of aromatic nitrogens is 2. The fourth-order valence-electron chi connectivity index (χ4n) is 3.84. The standard InChI is InChI=1S/C19H16N.C13H12N.Ir/c1-15-11-12-17(16-8-4-3-5-9-16)14-18(15)19-10-6-7-13-20(19)2;1-11-7-3-4-8-12(11)13-9-5-6-10-14(13)2;/h3-14H,1-2H2;3-10H,1-2H2;/q2*-1;. The first kappa shape index (κ1) is 25.7. The fraction of sp³-hybridized carbons (Fsp3) is 0. The Morgan fingerprint density at radius 1 is 0.457 bits per heavy atom. The van der Waals surface area contributed by atoms with E-state index in [-0.39, 0.29) is 20.1 Å². The van der Waals surface area contributed by atoms with Crippen molar-refractivity contribution in [3.8, 4) is 33.6 Å². The number of benzene rings is 3. The Morgan fingerprint density at radius 3 is 1.57 bits per heavy atom. The molecule has 0 N–H and O–H groups in total. The summed E-state index contributed by atoms with van der Waals surface area (Å²) in [5, 5.41) is 0. The predicted molar refractivity (Wildman–Crippen MR) is 140 cm³/mol. The molecular weight excluding hydrogens is 605 g/mol. The van der Waals surface area contributed by atoms with E-state index in [1.54, 1.807) is 0 Å². The summed E-state index contributed by atoms with van der Waals surface area (Å²) in [4.78, 5) is 0. The molecule has 0 amide bonds. The van der Waals surface area contributed by atoms with Gasteiger partial charge in [0.2, 0.25) is 0 Å². The average Bonchev–Trinajstić information content (AvgIpc) is 2.87. The van der Waals surface area contributed by atoms with E-state index >= 15 is 0 Å². The molecule has 3 aromatic carbocycles. The molecule has 0 spiro atoms. The fourth-order valence-corrected chi connectivity index (χ4v) is 3.84. The molecule has 2 aromatic heterocycles. The maximum atomic E-state index is 4.13. The molecule has 0 unspecified atom stereocenters. The van der Waals surface area contributed by atoms with Crippen LogP contribution in [0.1, 0.15) is 11.1 Å². The minimum absolute atomic E-state index is 0. The first-order valence-electron chi connectivity index (χ1n) is 11.1. The second kappa shape index (κ2) is 12.0. The molecule has 1 radical (unpaired) electrons. The van der Waals surface area contributed by atoms with Gasteiger partial charge in [0, 0.05) is 34.2 Å². The molecule has 0 aliphatic carbocycles. The molecule has 0 saturated heterocycles. The van der Waals surface area contributed by atoms with Gasteiger partial charge in [-0.3, -0.25) is 0 Å². The molecule has 2 nitrogen and oxygen atoms in total. The normalized spacial score (nSPS) is 9.94. The molecule has 0 fully saturated rings. The van der Waals surface area contributed by atoms with E-state index in [9.17, 15) is 0 Å². The molecule has 0 bridgehead atoms. The van der Waals surface area contributed by atoms with Crippen molar-refractivity contribution in [2.45, 2.75) is 0 Å². The third-order valence-electron chi connectivity index (χ3n) is 5.67. The van der Waals surface area contributed by atoms with Crippen LogP contribution in [0, 0.1) is 27.9 Å². The van der Waals surface area contributed by atoms with E-state index in [0.29, 0.717) is 0 Å². The second-order valence-corrected chi connectivity index (χ2v) is 8.01. The summed E-state index contributed by atoms with van der Waals surface area (Å²) in [5.74, 6) is 0. The van der Waals surface area contributed by atoms with Gasteiger partial charge in [-0.2, -0.15) is 37.1 Å². The monoisotopic (exact) mass is 633 g/mol. The molecule has 0 saturated carbocycles. The summed E-state index contributed by atoms with van der Waals surface area (Å²) >= 11 is 0. The predicted octanol–water partition coefficient (Wildman–Crippen LogP) is 6.59. The molecule has 5 rings (SSSR count). The van der Waals surface area contributed by atoms with Crippen molar-refractivity contribution in [1.82, 2.24) is 0 Å². The quantitative estimate of drug-likeness (QED) is 0.157. The first-order valence-corrected chi connectivity index (χ1v) is 11.1. The van der Waals surface area contributed by atoms with E-state index in [0.717, 1.165) is 33.6 Å². The van der Waals surface area contributed by atoms with E-state index in [1.165, 1.54) is 11.1 Å². The van der Waals surface area contributed by atoms with Crippen LogP contribution in [-0.4, -0.2) is 0 Å². The van der Waals surface area contributed by atoms with Crippen molar-refractivity contribution in [2.24, 2.45) is 0 Å². The third-order valence-corrected chi connectivity index (χ3v) is 5.67. The Morgan fingerprint density at radius 2 is 0.971 bits per heavy atom. The van der Waals surface area contributed by atoms with Gasteiger partial charge in [-0.15, -0.1) is 35.4 Å². The Balaban J connectivity index is 0.000000202. The van der Waals surface area contributed by atoms with Gasteiger partial charge in [-0.1, -0.05) is 72.8 Å². The Hall–Kier alpha value is -3.91. The van der Waals surface area contributed by atoms with Gasteiger partial charge in [0.1, 0.15) is 0 Å². The van der Waals surface area contributed by atoms with Crippen LogP contribution in [-0.2, 0) is 20.1 Å². The van der Waals surface area contributed by atoms with Crippen LogP contribution in [0.3, 0.4) is 0 Å². The van der Waals surface area contributed by atoms with Crippen molar-refractivity contribution in [2.75, 3.05) is 0 Å². The van der Waals surface area contributed by atoms with Crippen LogP contribution in [0.4, 0.5) is 0 Å². The van der Waals surface area contributed by atoms with Gasteiger partial charge in [0.05, 0.1) is 23.8 Å². The van der Waals surface area contributed by atoms with Crippen molar-refractivity contribution >= 4 is 0 Å². The van der Waals surface area contributed by atoms with Gasteiger partial charge >= 0.3 is 0 Å². The topological polar surface area (TPSA) is 7.76 Å². The smallest absolute Gasteiger partial charge is 0.0686 e. The number of nitrogens with zero attached hydrogens (tertiary/aromatic N) is 2. The average molecular weight is 633 g/mol. The molecule has 177 valence electrons. The SMILES string of the molecule is [CH2-]c1ccc(-c2ccccc2)cc1-c1cccc[n+]1[CH2-].[CH2-]c1ccccc1-c1cccc[n+]1[CH2-].[Ir]. The molecule has 2 heterocycles. The number of pyridine rings is 2. The van der Waals surface area contributed by atoms with Crippen molar-refractivity contribution in [3.63, 3.8) is 0 Å². The maximum absolute atomic E-state index is 4.13. The summed E-state index contributed by atoms with van der Waals surface area (Å²) < 4.78 is 3.72. The summed E-state index contributed by atoms with van der Waals surface area (Å²) in [6, 6.07) is 36.8. The van der Waals surface area contributed by atoms with Crippen LogP contribution in [0.5, 0.6) is 0 Å². The second-order valence-electron chi connectivity index (χ2n) is 8.01. The Bertz CT molecular complexity index is 1350. The summed E-state index contributed by atoms with van der Waals surface area (Å²) in [5.41, 5.74) is 8.82. The van der Waals surface area contributed by atoms with Gasteiger partial charge < -0.3 is 9.13 Å². The van der Waals surface area contributed by atoms with Crippen LogP contribution in [0.15, 0.2) is 122 Å². The van der Waals surface area contributed by atoms with Crippen LogP contribution >= 0.6 is 0 Å². The maximum Gasteiger partial charge on any atom is 0.0686 e. The first-order chi connectivity index (χ1) is 16.5. The number of hydrogen-bond donors (Lipinski definition) is 0. The van der Waals surface area contributed by atoms with Gasteiger partial charge in [-0.05, 0) is 11.1 Å². The zero-order valence-corrected chi connectivity index (χ0v) is 22.0. The molecule has 0 aliphatic rings. The minimum Gasteiger partial charge on any atom is -0.343 e. The zero-order chi connectivity index (χ0) is 23.9. The summed E-state index contributed by atoms with van der Waals surface area (Å²) in [7, 11) is 7.96. The van der Waals surface area contributed by atoms with Gasteiger partial charge in [-0.25, -0.2) is 0 Å². The largest absolute Gasteiger partial charge is 0.343 e. The van der Waals surface area contributed by atoms with Gasteiger partial charge in [0.15, 0.2) is 0 Å². The molecule has 5 aromatic rings. The van der Waals surface area contributed by atoms with E-state index in [1.807, 2.05) is 76.1 Å². The number of hydrogen-bond acceptors (Lipinski definition) is 0. The Kier molecular flexibility index (Phi) is 8.80. The van der Waals surface area contributed by atoms with E-state index in [4.69, 9.17) is 0 Å². The van der Waals surface area contributed by atoms with Crippen molar-refractivity contribution < 1.29 is 29.2 Å². The zero-order valence-electron chi connectivity index (χ0n) is 19.6. The third kappa shape index (κ3) is 6.16. The van der Waals surface area contributed by atoms with Crippen molar-refractivity contribution in [3.05, 3.63) is 161 Å².